The summed E-state index contributed by atoms with van der Waals surface area (Å²) in [6.45, 7) is 2.59. The van der Waals surface area contributed by atoms with Crippen molar-refractivity contribution in [3.05, 3.63) is 65.2 Å². The number of hydrogen-bond acceptors (Lipinski definition) is 3. The minimum atomic E-state index is -3.57. The molecule has 6 heteroatoms. The molecule has 2 atom stereocenters. The van der Waals surface area contributed by atoms with Crippen molar-refractivity contribution < 1.29 is 13.2 Å². The monoisotopic (exact) mass is 351 g/mol. The molecular weight excluding hydrogens is 334 g/mol. The highest BCUT2D eigenvalue weighted by Gasteiger charge is 2.37. The fraction of sp³-hybridized carbons (Fsp3) is 0.294. The molecule has 1 saturated heterocycles. The molecule has 0 aliphatic carbocycles. The molecule has 0 saturated carbocycles. The third-order valence-electron chi connectivity index (χ3n) is 4.05. The van der Waals surface area contributed by atoms with E-state index in [1.165, 1.54) is 16.4 Å². The second-order valence-electron chi connectivity index (χ2n) is 5.51. The van der Waals surface area contributed by atoms with Gasteiger partial charge in [-0.3, -0.25) is 0 Å². The average molecular weight is 352 g/mol. The Bertz CT molecular complexity index is 762. The second-order valence-corrected chi connectivity index (χ2v) is 7.84. The predicted molar refractivity (Wildman–Crippen MR) is 89.9 cm³/mol. The van der Waals surface area contributed by atoms with Crippen molar-refractivity contribution in [2.24, 2.45) is 0 Å². The first kappa shape index (κ1) is 16.5. The van der Waals surface area contributed by atoms with Gasteiger partial charge in [-0.1, -0.05) is 41.9 Å². The first-order valence-corrected chi connectivity index (χ1v) is 9.26. The van der Waals surface area contributed by atoms with E-state index in [2.05, 4.69) is 0 Å². The average Bonchev–Trinajstić information content (AvgIpc) is 2.56. The number of hydrogen-bond donors (Lipinski definition) is 0. The van der Waals surface area contributed by atoms with E-state index in [4.69, 9.17) is 16.3 Å². The van der Waals surface area contributed by atoms with E-state index in [9.17, 15) is 8.42 Å². The molecule has 0 aromatic heterocycles. The van der Waals surface area contributed by atoms with Crippen molar-refractivity contribution in [2.75, 3.05) is 13.2 Å². The van der Waals surface area contributed by atoms with Gasteiger partial charge in [-0.2, -0.15) is 4.31 Å². The van der Waals surface area contributed by atoms with Gasteiger partial charge in [0.15, 0.2) is 0 Å². The van der Waals surface area contributed by atoms with Gasteiger partial charge in [-0.05, 0) is 36.8 Å². The maximum absolute atomic E-state index is 12.9. The topological polar surface area (TPSA) is 46.6 Å². The Hall–Kier alpha value is -1.40. The van der Waals surface area contributed by atoms with Gasteiger partial charge in [0, 0.05) is 11.6 Å². The van der Waals surface area contributed by atoms with Crippen molar-refractivity contribution in [1.82, 2.24) is 4.31 Å². The highest BCUT2D eigenvalue weighted by atomic mass is 35.5. The molecule has 0 N–H and O–H groups in total. The molecule has 0 amide bonds. The number of rotatable bonds is 3. The Morgan fingerprint density at radius 1 is 1.09 bits per heavy atom. The maximum Gasteiger partial charge on any atom is 0.243 e. The third-order valence-corrected chi connectivity index (χ3v) is 6.30. The summed E-state index contributed by atoms with van der Waals surface area (Å²) in [7, 11) is -3.57. The Morgan fingerprint density at radius 3 is 2.39 bits per heavy atom. The highest BCUT2D eigenvalue weighted by Crippen LogP contribution is 2.32. The van der Waals surface area contributed by atoms with Gasteiger partial charge >= 0.3 is 0 Å². The minimum Gasteiger partial charge on any atom is -0.370 e. The lowest BCUT2D eigenvalue weighted by atomic mass is 10.0. The van der Waals surface area contributed by atoms with Crippen LogP contribution in [-0.4, -0.2) is 31.9 Å². The Kier molecular flexibility index (Phi) is 4.73. The quantitative estimate of drug-likeness (QED) is 0.850. The zero-order valence-corrected chi connectivity index (χ0v) is 14.3. The summed E-state index contributed by atoms with van der Waals surface area (Å²) >= 11 is 5.85. The normalized spacial score (nSPS) is 22.9. The predicted octanol–water partition coefficient (Wildman–Crippen LogP) is 3.49. The van der Waals surface area contributed by atoms with Crippen LogP contribution in [0.4, 0.5) is 0 Å². The zero-order valence-electron chi connectivity index (χ0n) is 12.7. The van der Waals surface area contributed by atoms with Gasteiger partial charge in [0.2, 0.25) is 10.0 Å². The number of ether oxygens (including phenoxy) is 1. The van der Waals surface area contributed by atoms with Gasteiger partial charge in [-0.25, -0.2) is 8.42 Å². The van der Waals surface area contributed by atoms with Crippen molar-refractivity contribution in [2.45, 2.75) is 24.0 Å². The largest absolute Gasteiger partial charge is 0.370 e. The third kappa shape index (κ3) is 3.28. The van der Waals surface area contributed by atoms with Crippen LogP contribution < -0.4 is 0 Å². The fourth-order valence-electron chi connectivity index (χ4n) is 2.86. The van der Waals surface area contributed by atoms with Crippen LogP contribution in [0.3, 0.4) is 0 Å². The van der Waals surface area contributed by atoms with Gasteiger partial charge in [-0.15, -0.1) is 0 Å². The molecule has 2 aromatic rings. The number of benzene rings is 2. The summed E-state index contributed by atoms with van der Waals surface area (Å²) < 4.78 is 33.2. The number of halogens is 1. The molecule has 1 heterocycles. The summed E-state index contributed by atoms with van der Waals surface area (Å²) in [5, 5.41) is 0.515. The number of nitrogens with zero attached hydrogens (tertiary/aromatic N) is 1. The molecule has 3 rings (SSSR count). The Balaban J connectivity index is 1.91. The van der Waals surface area contributed by atoms with Crippen LogP contribution in [0.2, 0.25) is 5.02 Å². The molecular formula is C17H18ClNO3S. The SMILES string of the molecule is C[C@@H]1[C@@H](c2ccccc2)OCCN1S(=O)(=O)c1ccc(Cl)cc1. The van der Waals surface area contributed by atoms with Crippen LogP contribution >= 0.6 is 11.6 Å². The minimum absolute atomic E-state index is 0.252. The standard InChI is InChI=1S/C17H18ClNO3S/c1-13-17(14-5-3-2-4-6-14)22-12-11-19(13)23(20,21)16-9-7-15(18)8-10-16/h2-10,13,17H,11-12H2,1H3/t13-,17+/m1/s1. The van der Waals surface area contributed by atoms with Crippen molar-refractivity contribution in [3.63, 3.8) is 0 Å². The van der Waals surface area contributed by atoms with E-state index < -0.39 is 10.0 Å². The summed E-state index contributed by atoms with van der Waals surface area (Å²) in [6.07, 6.45) is -0.271. The van der Waals surface area contributed by atoms with Crippen molar-refractivity contribution in [3.8, 4) is 0 Å². The lowest BCUT2D eigenvalue weighted by Gasteiger charge is -2.38. The first-order chi connectivity index (χ1) is 11.0. The van der Waals surface area contributed by atoms with Crippen LogP contribution in [0, 0.1) is 0 Å². The molecule has 1 aliphatic heterocycles. The highest BCUT2D eigenvalue weighted by molar-refractivity contribution is 7.89. The number of morpholine rings is 1. The molecule has 2 aromatic carbocycles. The zero-order chi connectivity index (χ0) is 16.4. The van der Waals surface area contributed by atoms with Crippen molar-refractivity contribution >= 4 is 21.6 Å². The van der Waals surface area contributed by atoms with Crippen molar-refractivity contribution in [1.29, 1.82) is 0 Å². The molecule has 1 fully saturated rings. The van der Waals surface area contributed by atoms with E-state index in [0.29, 0.717) is 18.2 Å². The van der Waals surface area contributed by atoms with Gasteiger partial charge in [0.05, 0.1) is 23.6 Å². The first-order valence-electron chi connectivity index (χ1n) is 7.44. The van der Waals surface area contributed by atoms with Crippen LogP contribution in [0.5, 0.6) is 0 Å². The van der Waals surface area contributed by atoms with E-state index in [-0.39, 0.29) is 17.0 Å². The molecule has 0 radical (unpaired) electrons. The van der Waals surface area contributed by atoms with Gasteiger partial charge < -0.3 is 4.74 Å². The van der Waals surface area contributed by atoms with Crippen LogP contribution in [0.15, 0.2) is 59.5 Å². The smallest absolute Gasteiger partial charge is 0.243 e. The molecule has 0 spiro atoms. The Morgan fingerprint density at radius 2 is 1.74 bits per heavy atom. The van der Waals surface area contributed by atoms with Crippen LogP contribution in [-0.2, 0) is 14.8 Å². The fourth-order valence-corrected chi connectivity index (χ4v) is 4.60. The van der Waals surface area contributed by atoms with E-state index in [1.807, 2.05) is 37.3 Å². The van der Waals surface area contributed by atoms with Crippen LogP contribution in [0.1, 0.15) is 18.6 Å². The molecule has 4 nitrogen and oxygen atoms in total. The molecule has 1 aliphatic rings. The van der Waals surface area contributed by atoms with Gasteiger partial charge in [0.25, 0.3) is 0 Å². The lowest BCUT2D eigenvalue weighted by molar-refractivity contribution is -0.0361. The van der Waals surface area contributed by atoms with E-state index >= 15 is 0 Å². The molecule has 0 unspecified atom stereocenters. The van der Waals surface area contributed by atoms with E-state index in [0.717, 1.165) is 5.56 Å². The summed E-state index contributed by atoms with van der Waals surface area (Å²) in [4.78, 5) is 0.252. The summed E-state index contributed by atoms with van der Waals surface area (Å²) in [5.74, 6) is 0. The molecule has 122 valence electrons. The molecule has 0 bridgehead atoms. The number of sulfonamides is 1. The summed E-state index contributed by atoms with van der Waals surface area (Å²) in [5.41, 5.74) is 0.982. The van der Waals surface area contributed by atoms with Crippen LogP contribution in [0.25, 0.3) is 0 Å². The van der Waals surface area contributed by atoms with Gasteiger partial charge in [0.1, 0.15) is 0 Å². The summed E-state index contributed by atoms with van der Waals surface area (Å²) in [6, 6.07) is 15.7. The van der Waals surface area contributed by atoms with E-state index in [1.54, 1.807) is 12.1 Å². The Labute approximate surface area is 141 Å². The second kappa shape index (κ2) is 6.61. The maximum atomic E-state index is 12.9. The molecule has 23 heavy (non-hydrogen) atoms. The lowest BCUT2D eigenvalue weighted by Crippen LogP contribution is -2.48.